The van der Waals surface area contributed by atoms with E-state index in [4.69, 9.17) is 4.74 Å². The van der Waals surface area contributed by atoms with Crippen LogP contribution >= 0.6 is 15.9 Å². The minimum Gasteiger partial charge on any atom is -0.497 e. The molecule has 1 atom stereocenters. The average Bonchev–Trinajstić information content (AvgIpc) is 2.44. The number of hydrogen-bond donors (Lipinski definition) is 0. The molecular weight excluding hydrogens is 352 g/mol. The molecule has 114 valence electrons. The van der Waals surface area contributed by atoms with Crippen LogP contribution < -0.4 is 4.74 Å². The lowest BCUT2D eigenvalue weighted by Gasteiger charge is -2.29. The SMILES string of the molecule is COc1ccc2cc(C(Br)C(C)(C)S(C)(=O)=O)ccc2c1. The summed E-state index contributed by atoms with van der Waals surface area (Å²) in [5, 5.41) is 2.12. The largest absolute Gasteiger partial charge is 0.497 e. The van der Waals surface area contributed by atoms with Gasteiger partial charge in [0.15, 0.2) is 9.84 Å². The first-order chi connectivity index (χ1) is 9.66. The van der Waals surface area contributed by atoms with E-state index < -0.39 is 14.6 Å². The van der Waals surface area contributed by atoms with Crippen LogP contribution in [0.5, 0.6) is 5.75 Å². The van der Waals surface area contributed by atoms with E-state index in [1.807, 2.05) is 36.4 Å². The highest BCUT2D eigenvalue weighted by molar-refractivity contribution is 9.09. The van der Waals surface area contributed by atoms with E-state index in [1.54, 1.807) is 21.0 Å². The summed E-state index contributed by atoms with van der Waals surface area (Å²) < 4.78 is 28.3. The van der Waals surface area contributed by atoms with Crippen molar-refractivity contribution in [1.29, 1.82) is 0 Å². The number of alkyl halides is 1. The molecule has 0 bridgehead atoms. The summed E-state index contributed by atoms with van der Waals surface area (Å²) in [5.74, 6) is 0.808. The maximum Gasteiger partial charge on any atom is 0.154 e. The second-order valence-electron chi connectivity index (χ2n) is 5.71. The fraction of sp³-hybridized carbons (Fsp3) is 0.375. The van der Waals surface area contributed by atoms with E-state index in [2.05, 4.69) is 15.9 Å². The summed E-state index contributed by atoms with van der Waals surface area (Å²) in [4.78, 5) is -0.272. The lowest BCUT2D eigenvalue weighted by atomic mass is 9.99. The van der Waals surface area contributed by atoms with Crippen molar-refractivity contribution in [3.8, 4) is 5.75 Å². The zero-order chi connectivity index (χ0) is 15.8. The van der Waals surface area contributed by atoms with Gasteiger partial charge < -0.3 is 4.74 Å². The molecule has 0 aliphatic carbocycles. The van der Waals surface area contributed by atoms with Crippen molar-refractivity contribution in [2.24, 2.45) is 0 Å². The number of hydrogen-bond acceptors (Lipinski definition) is 3. The molecule has 0 spiro atoms. The van der Waals surface area contributed by atoms with Gasteiger partial charge in [-0.05, 0) is 48.4 Å². The maximum atomic E-state index is 12.0. The number of benzene rings is 2. The zero-order valence-electron chi connectivity index (χ0n) is 12.6. The van der Waals surface area contributed by atoms with Crippen molar-refractivity contribution in [2.75, 3.05) is 13.4 Å². The molecule has 2 aromatic rings. The Kier molecular flexibility index (Phi) is 4.36. The molecule has 0 fully saturated rings. The molecule has 0 saturated carbocycles. The van der Waals surface area contributed by atoms with Crippen molar-refractivity contribution in [3.63, 3.8) is 0 Å². The Bertz CT molecular complexity index is 766. The lowest BCUT2D eigenvalue weighted by Crippen LogP contribution is -2.35. The predicted molar refractivity (Wildman–Crippen MR) is 91.1 cm³/mol. The minimum absolute atomic E-state index is 0.272. The van der Waals surface area contributed by atoms with Gasteiger partial charge in [0.2, 0.25) is 0 Å². The molecule has 0 heterocycles. The first-order valence-corrected chi connectivity index (χ1v) is 9.39. The molecule has 0 aliphatic heterocycles. The summed E-state index contributed by atoms with van der Waals surface area (Å²) in [6.45, 7) is 3.47. The molecule has 2 aromatic carbocycles. The van der Waals surface area contributed by atoms with Crippen molar-refractivity contribution in [1.82, 2.24) is 0 Å². The zero-order valence-corrected chi connectivity index (χ0v) is 15.0. The number of halogens is 1. The Hall–Kier alpha value is -1.07. The van der Waals surface area contributed by atoms with Gasteiger partial charge in [0.1, 0.15) is 5.75 Å². The van der Waals surface area contributed by atoms with Gasteiger partial charge >= 0.3 is 0 Å². The Morgan fingerprint density at radius 3 is 2.24 bits per heavy atom. The van der Waals surface area contributed by atoms with E-state index in [1.165, 1.54) is 6.26 Å². The van der Waals surface area contributed by atoms with Gasteiger partial charge in [-0.1, -0.05) is 34.1 Å². The first-order valence-electron chi connectivity index (χ1n) is 6.58. The predicted octanol–water partition coefficient (Wildman–Crippen LogP) is 4.11. The van der Waals surface area contributed by atoms with Gasteiger partial charge in [-0.25, -0.2) is 8.42 Å². The Morgan fingerprint density at radius 2 is 1.67 bits per heavy atom. The van der Waals surface area contributed by atoms with Crippen LogP contribution in [0.1, 0.15) is 24.2 Å². The van der Waals surface area contributed by atoms with Gasteiger partial charge in [-0.15, -0.1) is 0 Å². The third kappa shape index (κ3) is 3.09. The number of fused-ring (bicyclic) bond motifs is 1. The topological polar surface area (TPSA) is 43.4 Å². The number of ether oxygens (including phenoxy) is 1. The summed E-state index contributed by atoms with van der Waals surface area (Å²) in [7, 11) is -1.54. The number of rotatable bonds is 4. The van der Waals surface area contributed by atoms with Crippen LogP contribution in [-0.4, -0.2) is 26.5 Å². The van der Waals surface area contributed by atoms with Crippen molar-refractivity contribution >= 4 is 36.5 Å². The normalized spacial score (nSPS) is 14.1. The molecule has 2 rings (SSSR count). The Morgan fingerprint density at radius 1 is 1.10 bits per heavy atom. The highest BCUT2D eigenvalue weighted by atomic mass is 79.9. The lowest BCUT2D eigenvalue weighted by molar-refractivity contribution is 0.415. The van der Waals surface area contributed by atoms with E-state index in [9.17, 15) is 8.42 Å². The molecule has 0 radical (unpaired) electrons. The summed E-state index contributed by atoms with van der Waals surface area (Å²) in [6, 6.07) is 11.8. The molecule has 0 aromatic heterocycles. The third-order valence-corrected chi connectivity index (χ3v) is 8.05. The van der Waals surface area contributed by atoms with E-state index in [0.717, 1.165) is 22.1 Å². The van der Waals surface area contributed by atoms with Crippen LogP contribution in [0.25, 0.3) is 10.8 Å². The Labute approximate surface area is 134 Å². The van der Waals surface area contributed by atoms with Crippen LogP contribution in [0.4, 0.5) is 0 Å². The van der Waals surface area contributed by atoms with Crippen LogP contribution in [-0.2, 0) is 9.84 Å². The van der Waals surface area contributed by atoms with E-state index in [-0.39, 0.29) is 4.83 Å². The van der Waals surface area contributed by atoms with Gasteiger partial charge in [-0.2, -0.15) is 0 Å². The highest BCUT2D eigenvalue weighted by Crippen LogP contribution is 2.40. The Balaban J connectivity index is 2.48. The molecule has 0 saturated heterocycles. The molecule has 5 heteroatoms. The monoisotopic (exact) mass is 370 g/mol. The fourth-order valence-corrected chi connectivity index (χ4v) is 3.93. The quantitative estimate of drug-likeness (QED) is 0.760. The summed E-state index contributed by atoms with van der Waals surface area (Å²) in [6.07, 6.45) is 1.27. The maximum absolute atomic E-state index is 12.0. The molecule has 0 N–H and O–H groups in total. The molecule has 0 amide bonds. The van der Waals surface area contributed by atoms with Crippen LogP contribution in [0.2, 0.25) is 0 Å². The van der Waals surface area contributed by atoms with Gasteiger partial charge in [0.05, 0.1) is 16.7 Å². The van der Waals surface area contributed by atoms with Gasteiger partial charge in [0, 0.05) is 6.26 Å². The fourth-order valence-electron chi connectivity index (χ4n) is 2.12. The van der Waals surface area contributed by atoms with Crippen molar-refractivity contribution in [2.45, 2.75) is 23.4 Å². The third-order valence-electron chi connectivity index (χ3n) is 3.93. The van der Waals surface area contributed by atoms with Crippen molar-refractivity contribution in [3.05, 3.63) is 42.0 Å². The van der Waals surface area contributed by atoms with Crippen LogP contribution in [0.3, 0.4) is 0 Å². The van der Waals surface area contributed by atoms with Crippen LogP contribution in [0, 0.1) is 0 Å². The molecule has 3 nitrogen and oxygen atoms in total. The standard InChI is InChI=1S/C16H19BrO3S/c1-16(2,21(4,18)19)15(17)13-6-5-12-10-14(20-3)8-7-11(12)9-13/h5-10,15H,1-4H3. The molecule has 21 heavy (non-hydrogen) atoms. The summed E-state index contributed by atoms with van der Waals surface area (Å²) in [5.41, 5.74) is 0.947. The number of methoxy groups -OCH3 is 1. The number of sulfone groups is 1. The smallest absolute Gasteiger partial charge is 0.154 e. The first kappa shape index (κ1) is 16.3. The molecular formula is C16H19BrO3S. The molecule has 0 aliphatic rings. The van der Waals surface area contributed by atoms with Crippen LogP contribution in [0.15, 0.2) is 36.4 Å². The molecule has 1 unspecified atom stereocenters. The minimum atomic E-state index is -3.18. The second kappa shape index (κ2) is 5.61. The summed E-state index contributed by atoms with van der Waals surface area (Å²) >= 11 is 3.55. The van der Waals surface area contributed by atoms with E-state index >= 15 is 0 Å². The van der Waals surface area contributed by atoms with Gasteiger partial charge in [-0.3, -0.25) is 0 Å². The van der Waals surface area contributed by atoms with Crippen molar-refractivity contribution < 1.29 is 13.2 Å². The van der Waals surface area contributed by atoms with Gasteiger partial charge in [0.25, 0.3) is 0 Å². The van der Waals surface area contributed by atoms with E-state index in [0.29, 0.717) is 0 Å². The average molecular weight is 371 g/mol. The highest BCUT2D eigenvalue weighted by Gasteiger charge is 2.38. The second-order valence-corrected chi connectivity index (χ2v) is 9.22.